The van der Waals surface area contributed by atoms with Gasteiger partial charge in [0.05, 0.1) is 6.61 Å². The van der Waals surface area contributed by atoms with Crippen LogP contribution in [0.25, 0.3) is 0 Å². The summed E-state index contributed by atoms with van der Waals surface area (Å²) in [4.78, 5) is 10.3. The summed E-state index contributed by atoms with van der Waals surface area (Å²) in [6, 6.07) is 0. The van der Waals surface area contributed by atoms with Crippen molar-refractivity contribution in [2.45, 2.75) is 13.8 Å². The molecule has 56 valence electrons. The van der Waals surface area contributed by atoms with Crippen LogP contribution in [0.3, 0.4) is 0 Å². The normalized spacial score (nSPS) is 16.1. The molecule has 3 nitrogen and oxygen atoms in total. The van der Waals surface area contributed by atoms with Crippen molar-refractivity contribution in [1.82, 2.24) is 0 Å². The summed E-state index contributed by atoms with van der Waals surface area (Å²) in [5, 5.41) is 0. The molecule has 0 fully saturated rings. The molecule has 0 spiro atoms. The van der Waals surface area contributed by atoms with E-state index in [0.717, 1.165) is 6.66 Å². The molecule has 0 saturated heterocycles. The first-order valence-electron chi connectivity index (χ1n) is 2.85. The SMILES string of the molecule is CC(C)COP(C)(=O)[O-].[K+]. The number of hydrogen-bond donors (Lipinski definition) is 0. The molecule has 0 N–H and O–H groups in total. The average Bonchev–Trinajstić information content (AvgIpc) is 1.59. The minimum absolute atomic E-state index is 0. The molecule has 1 unspecified atom stereocenters. The summed E-state index contributed by atoms with van der Waals surface area (Å²) in [7, 11) is -3.47. The van der Waals surface area contributed by atoms with Crippen molar-refractivity contribution in [2.24, 2.45) is 5.92 Å². The Kier molecular flexibility index (Phi) is 9.05. The van der Waals surface area contributed by atoms with Crippen molar-refractivity contribution in [3.05, 3.63) is 0 Å². The number of rotatable bonds is 3. The van der Waals surface area contributed by atoms with Crippen molar-refractivity contribution >= 4 is 7.60 Å². The molecule has 0 amide bonds. The van der Waals surface area contributed by atoms with Crippen LogP contribution in [0.15, 0.2) is 0 Å². The quantitative estimate of drug-likeness (QED) is 0.376. The molecule has 0 aliphatic carbocycles. The molecular weight excluding hydrogens is 178 g/mol. The molecule has 0 aliphatic heterocycles. The van der Waals surface area contributed by atoms with Gasteiger partial charge in [0.25, 0.3) is 0 Å². The zero-order chi connectivity index (χ0) is 7.49. The van der Waals surface area contributed by atoms with Crippen LogP contribution in [0.4, 0.5) is 0 Å². The summed E-state index contributed by atoms with van der Waals surface area (Å²) in [6.07, 6.45) is 0. The third-order valence-corrected chi connectivity index (χ3v) is 1.26. The van der Waals surface area contributed by atoms with Crippen molar-refractivity contribution in [1.29, 1.82) is 0 Å². The summed E-state index contributed by atoms with van der Waals surface area (Å²) in [6.45, 7) is 5.16. The third kappa shape index (κ3) is 12.5. The Morgan fingerprint density at radius 3 is 2.10 bits per heavy atom. The molecule has 0 rings (SSSR count). The van der Waals surface area contributed by atoms with Crippen LogP contribution >= 0.6 is 7.60 Å². The Morgan fingerprint density at radius 2 is 2.00 bits per heavy atom. The van der Waals surface area contributed by atoms with E-state index in [4.69, 9.17) is 0 Å². The van der Waals surface area contributed by atoms with E-state index in [1.807, 2.05) is 13.8 Å². The van der Waals surface area contributed by atoms with Gasteiger partial charge in [-0.3, -0.25) is 0 Å². The van der Waals surface area contributed by atoms with Gasteiger partial charge < -0.3 is 14.0 Å². The smallest absolute Gasteiger partial charge is 0.779 e. The second-order valence-corrected chi connectivity index (χ2v) is 4.26. The monoisotopic (exact) mass is 190 g/mol. The van der Waals surface area contributed by atoms with E-state index in [1.165, 1.54) is 0 Å². The van der Waals surface area contributed by atoms with Gasteiger partial charge in [-0.25, -0.2) is 0 Å². The molecule has 0 radical (unpaired) electrons. The van der Waals surface area contributed by atoms with Crippen LogP contribution < -0.4 is 56.3 Å². The van der Waals surface area contributed by atoms with Crippen molar-refractivity contribution in [3.63, 3.8) is 0 Å². The second-order valence-electron chi connectivity index (χ2n) is 2.46. The summed E-state index contributed by atoms with van der Waals surface area (Å²) in [5.74, 6) is 0.271. The predicted octanol–water partition coefficient (Wildman–Crippen LogP) is -2.15. The van der Waals surface area contributed by atoms with E-state index < -0.39 is 7.60 Å². The fourth-order valence-corrected chi connectivity index (χ4v) is 0.853. The first kappa shape index (κ1) is 14.3. The molecule has 0 aliphatic rings. The van der Waals surface area contributed by atoms with Gasteiger partial charge in [-0.2, -0.15) is 0 Å². The van der Waals surface area contributed by atoms with Gasteiger partial charge in [0.1, 0.15) is 7.60 Å². The van der Waals surface area contributed by atoms with Crippen LogP contribution in [0.1, 0.15) is 13.8 Å². The maximum Gasteiger partial charge on any atom is 1.00 e. The van der Waals surface area contributed by atoms with Crippen LogP contribution in [0, 0.1) is 5.92 Å². The molecule has 1 atom stereocenters. The first-order chi connectivity index (χ1) is 3.92. The average molecular weight is 190 g/mol. The van der Waals surface area contributed by atoms with Gasteiger partial charge >= 0.3 is 51.4 Å². The third-order valence-electron chi connectivity index (χ3n) is 0.642. The standard InChI is InChI=1S/C5H13O3P.K/c1-5(2)4-8-9(3,6)7;/h5H,4H2,1-3H3,(H,6,7);/q;+1/p-1. The Balaban J connectivity index is 0. The van der Waals surface area contributed by atoms with Crippen LogP contribution in [-0.2, 0) is 9.09 Å². The minimum atomic E-state index is -3.47. The molecule has 0 aromatic heterocycles. The topological polar surface area (TPSA) is 49.4 Å². The van der Waals surface area contributed by atoms with Gasteiger partial charge in [-0.1, -0.05) is 13.8 Å². The molecule has 5 heteroatoms. The summed E-state index contributed by atoms with van der Waals surface area (Å²) < 4.78 is 14.8. The predicted molar refractivity (Wildman–Crippen MR) is 34.3 cm³/mol. The Morgan fingerprint density at radius 1 is 1.60 bits per heavy atom. The molecule has 0 saturated carbocycles. The molecular formula is C5H12KO3P. The molecule has 10 heavy (non-hydrogen) atoms. The largest absolute Gasteiger partial charge is 1.00 e. The van der Waals surface area contributed by atoms with E-state index in [1.54, 1.807) is 0 Å². The number of hydrogen-bond acceptors (Lipinski definition) is 3. The summed E-state index contributed by atoms with van der Waals surface area (Å²) >= 11 is 0. The summed E-state index contributed by atoms with van der Waals surface area (Å²) in [5.41, 5.74) is 0. The molecule has 0 aromatic carbocycles. The van der Waals surface area contributed by atoms with Gasteiger partial charge in [-0.15, -0.1) is 0 Å². The molecule has 0 bridgehead atoms. The van der Waals surface area contributed by atoms with Crippen LogP contribution in [0.5, 0.6) is 0 Å². The van der Waals surface area contributed by atoms with E-state index in [9.17, 15) is 9.46 Å². The Hall–Kier alpha value is 1.79. The Bertz CT molecular complexity index is 120. The first-order valence-corrected chi connectivity index (χ1v) is 4.84. The van der Waals surface area contributed by atoms with Crippen LogP contribution in [-0.4, -0.2) is 13.3 Å². The van der Waals surface area contributed by atoms with E-state index >= 15 is 0 Å². The fraction of sp³-hybridized carbons (Fsp3) is 1.00. The zero-order valence-electron chi connectivity index (χ0n) is 6.96. The van der Waals surface area contributed by atoms with Gasteiger partial charge in [0.2, 0.25) is 0 Å². The minimum Gasteiger partial charge on any atom is -0.779 e. The van der Waals surface area contributed by atoms with Gasteiger partial charge in [-0.05, 0) is 5.92 Å². The fourth-order valence-electron chi connectivity index (χ4n) is 0.284. The molecule has 0 aromatic rings. The van der Waals surface area contributed by atoms with E-state index in [0.29, 0.717) is 0 Å². The van der Waals surface area contributed by atoms with Gasteiger partial charge in [0, 0.05) is 6.66 Å². The van der Waals surface area contributed by atoms with E-state index in [-0.39, 0.29) is 63.9 Å². The maximum atomic E-state index is 10.3. The Labute approximate surface area is 104 Å². The maximum absolute atomic E-state index is 10.3. The van der Waals surface area contributed by atoms with Crippen LogP contribution in [0.2, 0.25) is 0 Å². The zero-order valence-corrected chi connectivity index (χ0v) is 11.0. The van der Waals surface area contributed by atoms with Gasteiger partial charge in [0.15, 0.2) is 0 Å². The van der Waals surface area contributed by atoms with E-state index in [2.05, 4.69) is 4.52 Å². The second kappa shape index (κ2) is 6.32. The van der Waals surface area contributed by atoms with Crippen molar-refractivity contribution < 1.29 is 65.4 Å². The molecule has 0 heterocycles. The van der Waals surface area contributed by atoms with Crippen molar-refractivity contribution in [2.75, 3.05) is 13.3 Å². The van der Waals surface area contributed by atoms with Crippen molar-refractivity contribution in [3.8, 4) is 0 Å².